The first-order chi connectivity index (χ1) is 7.58. The second-order valence-electron chi connectivity index (χ2n) is 5.18. The maximum absolute atomic E-state index is 9.39. The van der Waals surface area contributed by atoms with E-state index < -0.39 is 0 Å². The molecule has 0 saturated carbocycles. The smallest absolute Gasteiger partial charge is 0.0601 e. The van der Waals surface area contributed by atoms with E-state index in [9.17, 15) is 5.11 Å². The highest BCUT2D eigenvalue weighted by Gasteiger charge is 2.25. The van der Waals surface area contributed by atoms with Crippen LogP contribution in [0.15, 0.2) is 0 Å². The Morgan fingerprint density at radius 1 is 1.56 bits per heavy atom. The molecule has 0 aromatic heterocycles. The van der Waals surface area contributed by atoms with Gasteiger partial charge in [0.15, 0.2) is 0 Å². The molecule has 3 unspecified atom stereocenters. The predicted molar refractivity (Wildman–Crippen MR) is 67.4 cm³/mol. The van der Waals surface area contributed by atoms with Crippen LogP contribution in [0.3, 0.4) is 0 Å². The number of hydrogen-bond donors (Lipinski definition) is 2. The van der Waals surface area contributed by atoms with Crippen LogP contribution >= 0.6 is 0 Å². The lowest BCUT2D eigenvalue weighted by atomic mass is 10.0. The number of hydrogen-bond acceptors (Lipinski definition) is 4. The molecule has 4 nitrogen and oxygen atoms in total. The first kappa shape index (κ1) is 13.9. The molecule has 3 N–H and O–H groups in total. The third-order valence-corrected chi connectivity index (χ3v) is 3.75. The molecule has 1 aliphatic rings. The van der Waals surface area contributed by atoms with Crippen molar-refractivity contribution in [3.05, 3.63) is 0 Å². The summed E-state index contributed by atoms with van der Waals surface area (Å²) in [6.45, 7) is 5.65. The fraction of sp³-hybridized carbons (Fsp3) is 1.00. The Morgan fingerprint density at radius 2 is 2.25 bits per heavy atom. The first-order valence-corrected chi connectivity index (χ1v) is 6.33. The molecular formula is C12H27N3O. The van der Waals surface area contributed by atoms with Gasteiger partial charge in [-0.3, -0.25) is 4.90 Å². The van der Waals surface area contributed by atoms with E-state index in [1.54, 1.807) is 0 Å². The molecule has 0 spiro atoms. The van der Waals surface area contributed by atoms with Crippen molar-refractivity contribution in [3.8, 4) is 0 Å². The van der Waals surface area contributed by atoms with Gasteiger partial charge in [-0.25, -0.2) is 0 Å². The Kier molecular flexibility index (Phi) is 5.69. The first-order valence-electron chi connectivity index (χ1n) is 6.33. The molecule has 1 aliphatic heterocycles. The Bertz CT molecular complexity index is 201. The van der Waals surface area contributed by atoms with Crippen molar-refractivity contribution in [2.75, 3.05) is 40.3 Å². The lowest BCUT2D eigenvalue weighted by Gasteiger charge is -2.32. The molecule has 0 aromatic carbocycles. The van der Waals surface area contributed by atoms with Gasteiger partial charge in [-0.05, 0) is 39.4 Å². The third kappa shape index (κ3) is 3.70. The summed E-state index contributed by atoms with van der Waals surface area (Å²) in [6.07, 6.45) is 2.18. The zero-order valence-corrected chi connectivity index (χ0v) is 10.9. The summed E-state index contributed by atoms with van der Waals surface area (Å²) in [5.41, 5.74) is 6.02. The minimum absolute atomic E-state index is 0.0779. The molecular weight excluding hydrogens is 202 g/mol. The fourth-order valence-corrected chi connectivity index (χ4v) is 2.59. The summed E-state index contributed by atoms with van der Waals surface area (Å²) >= 11 is 0. The molecule has 0 aromatic rings. The lowest BCUT2D eigenvalue weighted by molar-refractivity contribution is 0.112. The largest absolute Gasteiger partial charge is 0.395 e. The van der Waals surface area contributed by atoms with Gasteiger partial charge in [-0.1, -0.05) is 6.92 Å². The van der Waals surface area contributed by atoms with Crippen LogP contribution in [-0.2, 0) is 0 Å². The topological polar surface area (TPSA) is 52.7 Å². The quantitative estimate of drug-likeness (QED) is 0.671. The molecule has 96 valence electrons. The molecule has 4 heteroatoms. The molecule has 0 radical (unpaired) electrons. The third-order valence-electron chi connectivity index (χ3n) is 3.75. The minimum atomic E-state index is 0.0779. The van der Waals surface area contributed by atoms with Gasteiger partial charge in [-0.2, -0.15) is 0 Å². The average molecular weight is 229 g/mol. The van der Waals surface area contributed by atoms with Crippen LogP contribution in [0, 0.1) is 5.92 Å². The number of rotatable bonds is 6. The van der Waals surface area contributed by atoms with E-state index in [-0.39, 0.29) is 18.7 Å². The monoisotopic (exact) mass is 229 g/mol. The van der Waals surface area contributed by atoms with Crippen molar-refractivity contribution in [2.45, 2.75) is 31.8 Å². The van der Waals surface area contributed by atoms with Crippen LogP contribution in [0.4, 0.5) is 0 Å². The van der Waals surface area contributed by atoms with Crippen molar-refractivity contribution in [1.29, 1.82) is 0 Å². The van der Waals surface area contributed by atoms with E-state index in [1.807, 2.05) is 0 Å². The van der Waals surface area contributed by atoms with Gasteiger partial charge in [0.05, 0.1) is 6.61 Å². The highest BCUT2D eigenvalue weighted by Crippen LogP contribution is 2.17. The van der Waals surface area contributed by atoms with Gasteiger partial charge in [0.2, 0.25) is 0 Å². The molecule has 1 fully saturated rings. The Hall–Kier alpha value is -0.160. The van der Waals surface area contributed by atoms with Crippen LogP contribution in [-0.4, -0.2) is 67.3 Å². The Morgan fingerprint density at radius 3 is 2.69 bits per heavy atom. The van der Waals surface area contributed by atoms with Gasteiger partial charge in [0, 0.05) is 25.2 Å². The number of nitrogens with zero attached hydrogens (tertiary/aromatic N) is 2. The van der Waals surface area contributed by atoms with Gasteiger partial charge < -0.3 is 15.7 Å². The van der Waals surface area contributed by atoms with Gasteiger partial charge in [0.25, 0.3) is 0 Å². The number of aliphatic hydroxyl groups is 1. The summed E-state index contributed by atoms with van der Waals surface area (Å²) in [7, 11) is 4.25. The maximum Gasteiger partial charge on any atom is 0.0601 e. The second kappa shape index (κ2) is 6.55. The van der Waals surface area contributed by atoms with Crippen molar-refractivity contribution < 1.29 is 5.11 Å². The number of nitrogens with two attached hydrogens (primary N) is 1. The maximum atomic E-state index is 9.39. The fourth-order valence-electron chi connectivity index (χ4n) is 2.59. The van der Waals surface area contributed by atoms with Crippen molar-refractivity contribution in [2.24, 2.45) is 11.7 Å². The van der Waals surface area contributed by atoms with Crippen LogP contribution in [0.1, 0.15) is 19.8 Å². The zero-order valence-electron chi connectivity index (χ0n) is 10.9. The highest BCUT2D eigenvalue weighted by molar-refractivity contribution is 4.82. The zero-order chi connectivity index (χ0) is 12.1. The SMILES string of the molecule is CCC(N)C(CO)N(C)CC1CCN(C)C1. The summed E-state index contributed by atoms with van der Waals surface area (Å²) in [4.78, 5) is 4.60. The van der Waals surface area contributed by atoms with Crippen LogP contribution < -0.4 is 5.73 Å². The highest BCUT2D eigenvalue weighted by atomic mass is 16.3. The van der Waals surface area contributed by atoms with Crippen LogP contribution in [0.25, 0.3) is 0 Å². The van der Waals surface area contributed by atoms with Crippen molar-refractivity contribution >= 4 is 0 Å². The second-order valence-corrected chi connectivity index (χ2v) is 5.18. The van der Waals surface area contributed by atoms with Crippen LogP contribution in [0.2, 0.25) is 0 Å². The summed E-state index contributed by atoms with van der Waals surface area (Å²) in [6, 6.07) is 0.185. The van der Waals surface area contributed by atoms with E-state index in [2.05, 4.69) is 30.8 Å². The molecule has 0 bridgehead atoms. The molecule has 3 atom stereocenters. The number of aliphatic hydroxyl groups excluding tert-OH is 1. The number of likely N-dealkylation sites (tertiary alicyclic amines) is 1. The Labute approximate surface area is 99.4 Å². The van der Waals surface area contributed by atoms with Gasteiger partial charge >= 0.3 is 0 Å². The van der Waals surface area contributed by atoms with Crippen molar-refractivity contribution in [3.63, 3.8) is 0 Å². The Balaban J connectivity index is 2.39. The summed E-state index contributed by atoms with van der Waals surface area (Å²) < 4.78 is 0. The van der Waals surface area contributed by atoms with Gasteiger partial charge in [-0.15, -0.1) is 0 Å². The minimum Gasteiger partial charge on any atom is -0.395 e. The lowest BCUT2D eigenvalue weighted by Crippen LogP contribution is -2.49. The molecule has 1 heterocycles. The average Bonchev–Trinajstić information content (AvgIpc) is 2.64. The standard InChI is InChI=1S/C12H27N3O/c1-4-11(13)12(9-16)15(3)8-10-5-6-14(2)7-10/h10-12,16H,4-9,13H2,1-3H3. The van der Waals surface area contributed by atoms with E-state index in [4.69, 9.17) is 5.73 Å². The predicted octanol–water partition coefficient (Wildman–Crippen LogP) is -0.0319. The summed E-state index contributed by atoms with van der Waals surface area (Å²) in [5.74, 6) is 0.730. The van der Waals surface area contributed by atoms with Crippen molar-refractivity contribution in [1.82, 2.24) is 9.80 Å². The van der Waals surface area contributed by atoms with E-state index in [0.29, 0.717) is 0 Å². The van der Waals surface area contributed by atoms with E-state index >= 15 is 0 Å². The summed E-state index contributed by atoms with van der Waals surface area (Å²) in [5, 5.41) is 9.39. The number of likely N-dealkylation sites (N-methyl/N-ethyl adjacent to an activating group) is 1. The van der Waals surface area contributed by atoms with Crippen LogP contribution in [0.5, 0.6) is 0 Å². The van der Waals surface area contributed by atoms with E-state index in [0.717, 1.165) is 18.9 Å². The molecule has 1 saturated heterocycles. The van der Waals surface area contributed by atoms with E-state index in [1.165, 1.54) is 19.5 Å². The van der Waals surface area contributed by atoms with Gasteiger partial charge in [0.1, 0.15) is 0 Å². The molecule has 0 aliphatic carbocycles. The molecule has 16 heavy (non-hydrogen) atoms. The molecule has 0 amide bonds. The molecule has 1 rings (SSSR count). The normalized spacial score (nSPS) is 26.2.